The highest BCUT2D eigenvalue weighted by molar-refractivity contribution is 9.10. The number of hydrogen-bond acceptors (Lipinski definition) is 3. The van der Waals surface area contributed by atoms with Gasteiger partial charge in [-0.15, -0.1) is 0 Å². The Hall–Kier alpha value is -1.30. The number of nitrogens with one attached hydrogen (secondary N) is 1. The lowest BCUT2D eigenvalue weighted by atomic mass is 10.0. The summed E-state index contributed by atoms with van der Waals surface area (Å²) in [5.41, 5.74) is 1.24. The molecule has 0 aliphatic carbocycles. The van der Waals surface area contributed by atoms with E-state index in [2.05, 4.69) is 21.2 Å². The van der Waals surface area contributed by atoms with Gasteiger partial charge in [-0.2, -0.15) is 0 Å². The van der Waals surface area contributed by atoms with Crippen LogP contribution in [0, 0.1) is 12.7 Å². The van der Waals surface area contributed by atoms with Gasteiger partial charge in [-0.25, -0.2) is 9.18 Å². The Bertz CT molecular complexity index is 587. The number of rotatable bonds is 2. The van der Waals surface area contributed by atoms with Crippen molar-refractivity contribution in [1.29, 1.82) is 0 Å². The first kappa shape index (κ1) is 18.0. The van der Waals surface area contributed by atoms with E-state index in [1.54, 1.807) is 11.0 Å². The van der Waals surface area contributed by atoms with Gasteiger partial charge in [0.15, 0.2) is 0 Å². The summed E-state index contributed by atoms with van der Waals surface area (Å²) in [6.45, 7) is 8.76. The third-order valence-corrected chi connectivity index (χ3v) is 4.31. The quantitative estimate of drug-likeness (QED) is 0.799. The molecule has 0 saturated carbocycles. The molecule has 1 unspecified atom stereocenters. The zero-order valence-electron chi connectivity index (χ0n) is 14.1. The number of piperidine rings is 1. The SMILES string of the molecule is Cc1cc(F)c(Br)cc1NC1CCCN(C(=O)OC(C)(C)C)C1. The van der Waals surface area contributed by atoms with E-state index >= 15 is 0 Å². The molecule has 1 fully saturated rings. The summed E-state index contributed by atoms with van der Waals surface area (Å²) in [5, 5.41) is 3.42. The van der Waals surface area contributed by atoms with Crippen LogP contribution in [-0.4, -0.2) is 35.7 Å². The number of carbonyl (C=O) groups excluding carboxylic acids is 1. The molecule has 23 heavy (non-hydrogen) atoms. The van der Waals surface area contributed by atoms with Gasteiger partial charge in [0.1, 0.15) is 11.4 Å². The smallest absolute Gasteiger partial charge is 0.410 e. The lowest BCUT2D eigenvalue weighted by Gasteiger charge is -2.35. The molecule has 0 aromatic heterocycles. The van der Waals surface area contributed by atoms with Gasteiger partial charge in [0.05, 0.1) is 4.47 Å². The highest BCUT2D eigenvalue weighted by Crippen LogP contribution is 2.26. The molecule has 0 spiro atoms. The Labute approximate surface area is 145 Å². The van der Waals surface area contributed by atoms with Crippen molar-refractivity contribution < 1.29 is 13.9 Å². The normalized spacial score (nSPS) is 18.7. The van der Waals surface area contributed by atoms with E-state index in [0.717, 1.165) is 24.1 Å². The summed E-state index contributed by atoms with van der Waals surface area (Å²) in [7, 11) is 0. The molecule has 6 heteroatoms. The van der Waals surface area contributed by atoms with Crippen molar-refractivity contribution in [1.82, 2.24) is 4.90 Å². The van der Waals surface area contributed by atoms with Crippen LogP contribution in [0.2, 0.25) is 0 Å². The second kappa shape index (κ2) is 7.07. The van der Waals surface area contributed by atoms with Crippen LogP contribution >= 0.6 is 15.9 Å². The molecule has 128 valence electrons. The number of likely N-dealkylation sites (tertiary alicyclic amines) is 1. The summed E-state index contributed by atoms with van der Waals surface area (Å²) in [5.74, 6) is -0.271. The van der Waals surface area contributed by atoms with Crippen LogP contribution in [0.25, 0.3) is 0 Å². The molecule has 4 nitrogen and oxygen atoms in total. The van der Waals surface area contributed by atoms with E-state index in [0.29, 0.717) is 17.6 Å². The van der Waals surface area contributed by atoms with Gasteiger partial charge in [0.2, 0.25) is 0 Å². The predicted octanol–water partition coefficient (Wildman–Crippen LogP) is 4.71. The van der Waals surface area contributed by atoms with Gasteiger partial charge in [0, 0.05) is 24.8 Å². The van der Waals surface area contributed by atoms with E-state index in [-0.39, 0.29) is 18.0 Å². The molecule has 1 aromatic carbocycles. The molecule has 1 atom stereocenters. The maximum Gasteiger partial charge on any atom is 0.410 e. The summed E-state index contributed by atoms with van der Waals surface area (Å²) in [4.78, 5) is 13.9. The van der Waals surface area contributed by atoms with Crippen LogP contribution < -0.4 is 5.32 Å². The van der Waals surface area contributed by atoms with Gasteiger partial charge < -0.3 is 15.0 Å². The Morgan fingerprint density at radius 1 is 1.43 bits per heavy atom. The van der Waals surface area contributed by atoms with E-state index in [9.17, 15) is 9.18 Å². The molecule has 1 aromatic rings. The first-order valence-electron chi connectivity index (χ1n) is 7.86. The van der Waals surface area contributed by atoms with Crippen molar-refractivity contribution in [3.63, 3.8) is 0 Å². The highest BCUT2D eigenvalue weighted by Gasteiger charge is 2.27. The standard InChI is InChI=1S/C17H24BrFN2O2/c1-11-8-14(19)13(18)9-15(11)20-12-6-5-7-21(10-12)16(22)23-17(2,3)4/h8-9,12,20H,5-7,10H2,1-4H3. The number of hydrogen-bond donors (Lipinski definition) is 1. The Kier molecular flexibility index (Phi) is 5.55. The molecule has 1 aliphatic heterocycles. The fourth-order valence-electron chi connectivity index (χ4n) is 2.61. The van der Waals surface area contributed by atoms with Crippen LogP contribution in [0.4, 0.5) is 14.9 Å². The molecule has 0 bridgehead atoms. The van der Waals surface area contributed by atoms with Gasteiger partial charge in [0.25, 0.3) is 0 Å². The maximum absolute atomic E-state index is 13.5. The second-order valence-electron chi connectivity index (χ2n) is 6.99. The minimum Gasteiger partial charge on any atom is -0.444 e. The number of amides is 1. The predicted molar refractivity (Wildman–Crippen MR) is 93.3 cm³/mol. The van der Waals surface area contributed by atoms with E-state index in [4.69, 9.17) is 4.74 Å². The molecular formula is C17H24BrFN2O2. The molecule has 2 rings (SSSR count). The van der Waals surface area contributed by atoms with E-state index in [1.807, 2.05) is 27.7 Å². The largest absolute Gasteiger partial charge is 0.444 e. The third kappa shape index (κ3) is 5.09. The van der Waals surface area contributed by atoms with Crippen molar-refractivity contribution in [2.75, 3.05) is 18.4 Å². The number of carbonyl (C=O) groups is 1. The number of anilines is 1. The fourth-order valence-corrected chi connectivity index (χ4v) is 2.95. The van der Waals surface area contributed by atoms with Gasteiger partial charge >= 0.3 is 6.09 Å². The number of halogens is 2. The third-order valence-electron chi connectivity index (χ3n) is 3.70. The molecule has 1 heterocycles. The molecule has 1 aliphatic rings. The first-order chi connectivity index (χ1) is 10.7. The van der Waals surface area contributed by atoms with Gasteiger partial charge in [-0.1, -0.05) is 0 Å². The Balaban J connectivity index is 2.02. The zero-order chi connectivity index (χ0) is 17.2. The maximum atomic E-state index is 13.5. The Morgan fingerprint density at radius 2 is 2.13 bits per heavy atom. The van der Waals surface area contributed by atoms with Crippen molar-refractivity contribution in [2.24, 2.45) is 0 Å². The lowest BCUT2D eigenvalue weighted by molar-refractivity contribution is 0.0206. The van der Waals surface area contributed by atoms with Crippen LogP contribution in [0.5, 0.6) is 0 Å². The number of benzene rings is 1. The summed E-state index contributed by atoms with van der Waals surface area (Å²) in [6, 6.07) is 3.38. The van der Waals surface area contributed by atoms with Crippen molar-refractivity contribution >= 4 is 27.7 Å². The average Bonchev–Trinajstić information content (AvgIpc) is 2.43. The fraction of sp³-hybridized carbons (Fsp3) is 0.588. The van der Waals surface area contributed by atoms with E-state index in [1.165, 1.54) is 6.07 Å². The topological polar surface area (TPSA) is 41.6 Å². The number of aryl methyl sites for hydroxylation is 1. The second-order valence-corrected chi connectivity index (χ2v) is 7.85. The van der Waals surface area contributed by atoms with Crippen LogP contribution in [0.3, 0.4) is 0 Å². The van der Waals surface area contributed by atoms with Gasteiger partial charge in [-0.05, 0) is 74.2 Å². The summed E-state index contributed by atoms with van der Waals surface area (Å²) in [6.07, 6.45) is 1.60. The number of ether oxygens (including phenoxy) is 1. The van der Waals surface area contributed by atoms with Crippen molar-refractivity contribution in [3.8, 4) is 0 Å². The van der Waals surface area contributed by atoms with Crippen molar-refractivity contribution in [2.45, 2.75) is 52.2 Å². The molecule has 1 amide bonds. The van der Waals surface area contributed by atoms with Crippen LogP contribution in [-0.2, 0) is 4.74 Å². The minimum atomic E-state index is -0.490. The minimum absolute atomic E-state index is 0.132. The summed E-state index contributed by atoms with van der Waals surface area (Å²) < 4.78 is 19.4. The monoisotopic (exact) mass is 386 g/mol. The van der Waals surface area contributed by atoms with Crippen LogP contribution in [0.15, 0.2) is 16.6 Å². The average molecular weight is 387 g/mol. The lowest BCUT2D eigenvalue weighted by Crippen LogP contribution is -2.47. The molecule has 1 saturated heterocycles. The molecule has 1 N–H and O–H groups in total. The highest BCUT2D eigenvalue weighted by atomic mass is 79.9. The summed E-state index contributed by atoms with van der Waals surface area (Å²) >= 11 is 3.21. The van der Waals surface area contributed by atoms with Gasteiger partial charge in [-0.3, -0.25) is 0 Å². The Morgan fingerprint density at radius 3 is 2.78 bits per heavy atom. The number of nitrogens with zero attached hydrogens (tertiary/aromatic N) is 1. The van der Waals surface area contributed by atoms with Crippen molar-refractivity contribution in [3.05, 3.63) is 28.0 Å². The molecular weight excluding hydrogens is 363 g/mol. The molecule has 0 radical (unpaired) electrons. The first-order valence-corrected chi connectivity index (χ1v) is 8.65. The zero-order valence-corrected chi connectivity index (χ0v) is 15.7. The van der Waals surface area contributed by atoms with Crippen LogP contribution in [0.1, 0.15) is 39.2 Å². The van der Waals surface area contributed by atoms with E-state index < -0.39 is 5.60 Å².